The van der Waals surface area contributed by atoms with Crippen molar-refractivity contribution in [2.24, 2.45) is 5.73 Å². The summed E-state index contributed by atoms with van der Waals surface area (Å²) >= 11 is 0. The lowest BCUT2D eigenvalue weighted by atomic mass is 10.1. The number of nitrogens with two attached hydrogens (primary N) is 1. The molecule has 0 spiro atoms. The molecule has 0 aliphatic heterocycles. The van der Waals surface area contributed by atoms with Gasteiger partial charge >= 0.3 is 11.8 Å². The van der Waals surface area contributed by atoms with Gasteiger partial charge in [-0.1, -0.05) is 35.5 Å². The van der Waals surface area contributed by atoms with E-state index in [0.29, 0.717) is 17.1 Å². The van der Waals surface area contributed by atoms with Gasteiger partial charge < -0.3 is 15.6 Å². The molecule has 0 aliphatic rings. The molecule has 2 aromatic rings. The molecule has 92 valence electrons. The molecular weight excluding hydrogens is 234 g/mol. The number of carbonyl (C=O) groups excluding carboxylic acids is 2. The zero-order valence-corrected chi connectivity index (χ0v) is 9.64. The highest BCUT2D eigenvalue weighted by atomic mass is 16.5. The van der Waals surface area contributed by atoms with Gasteiger partial charge in [-0.25, -0.2) is 0 Å². The third kappa shape index (κ3) is 2.22. The molecule has 0 fully saturated rings. The Morgan fingerprint density at radius 1 is 1.28 bits per heavy atom. The van der Waals surface area contributed by atoms with Crippen molar-refractivity contribution in [1.82, 2.24) is 5.16 Å². The molecule has 3 N–H and O–H groups in total. The van der Waals surface area contributed by atoms with Crippen LogP contribution in [0.25, 0.3) is 11.3 Å². The number of hydrogen-bond donors (Lipinski definition) is 2. The van der Waals surface area contributed by atoms with Crippen LogP contribution in [0.15, 0.2) is 34.9 Å². The van der Waals surface area contributed by atoms with Crippen LogP contribution in [-0.4, -0.2) is 17.0 Å². The van der Waals surface area contributed by atoms with Gasteiger partial charge in [0, 0.05) is 5.56 Å². The molecule has 0 aliphatic carbocycles. The lowest BCUT2D eigenvalue weighted by molar-refractivity contribution is -0.134. The van der Waals surface area contributed by atoms with Gasteiger partial charge in [0.2, 0.25) is 0 Å². The van der Waals surface area contributed by atoms with Crippen LogP contribution < -0.4 is 11.1 Å². The molecule has 6 heteroatoms. The second-order valence-electron chi connectivity index (χ2n) is 3.66. The van der Waals surface area contributed by atoms with Crippen LogP contribution >= 0.6 is 0 Å². The van der Waals surface area contributed by atoms with Crippen LogP contribution in [0.3, 0.4) is 0 Å². The maximum atomic E-state index is 11.3. The number of anilines is 1. The van der Waals surface area contributed by atoms with Crippen LogP contribution in [0.4, 0.5) is 5.69 Å². The molecule has 0 bridgehead atoms. The molecule has 0 saturated carbocycles. The second-order valence-corrected chi connectivity index (χ2v) is 3.66. The highest BCUT2D eigenvalue weighted by molar-refractivity contribution is 6.39. The summed E-state index contributed by atoms with van der Waals surface area (Å²) in [5.41, 5.74) is 6.46. The molecule has 0 unspecified atom stereocenters. The van der Waals surface area contributed by atoms with Crippen LogP contribution in [-0.2, 0) is 9.59 Å². The van der Waals surface area contributed by atoms with Gasteiger partial charge in [-0.15, -0.1) is 0 Å². The van der Waals surface area contributed by atoms with E-state index in [-0.39, 0.29) is 0 Å². The highest BCUT2D eigenvalue weighted by Crippen LogP contribution is 2.30. The van der Waals surface area contributed by atoms with Gasteiger partial charge in [0.05, 0.1) is 0 Å². The number of aromatic nitrogens is 1. The maximum Gasteiger partial charge on any atom is 0.313 e. The Labute approximate surface area is 103 Å². The van der Waals surface area contributed by atoms with E-state index in [1.807, 2.05) is 18.2 Å². The fourth-order valence-corrected chi connectivity index (χ4v) is 1.48. The Morgan fingerprint density at radius 3 is 2.56 bits per heavy atom. The van der Waals surface area contributed by atoms with Crippen LogP contribution in [0, 0.1) is 6.92 Å². The van der Waals surface area contributed by atoms with Crippen molar-refractivity contribution < 1.29 is 14.1 Å². The van der Waals surface area contributed by atoms with Crippen molar-refractivity contribution in [3.63, 3.8) is 0 Å². The predicted octanol–water partition coefficient (Wildman–Crippen LogP) is 1.07. The molecular formula is C12H11N3O3. The van der Waals surface area contributed by atoms with E-state index in [1.165, 1.54) is 0 Å². The first-order valence-electron chi connectivity index (χ1n) is 5.22. The number of rotatable bonds is 2. The van der Waals surface area contributed by atoms with Crippen molar-refractivity contribution in [2.45, 2.75) is 6.92 Å². The predicted molar refractivity (Wildman–Crippen MR) is 64.5 cm³/mol. The van der Waals surface area contributed by atoms with Crippen molar-refractivity contribution >= 4 is 17.5 Å². The number of benzene rings is 1. The van der Waals surface area contributed by atoms with Gasteiger partial charge in [0.1, 0.15) is 11.4 Å². The van der Waals surface area contributed by atoms with Gasteiger partial charge in [-0.05, 0) is 6.92 Å². The first kappa shape index (κ1) is 11.8. The first-order valence-corrected chi connectivity index (χ1v) is 5.22. The molecule has 6 nitrogen and oxygen atoms in total. The van der Waals surface area contributed by atoms with Crippen molar-refractivity contribution in [3.8, 4) is 11.3 Å². The van der Waals surface area contributed by atoms with Gasteiger partial charge in [-0.2, -0.15) is 0 Å². The summed E-state index contributed by atoms with van der Waals surface area (Å²) in [6.07, 6.45) is 0. The Kier molecular flexibility index (Phi) is 3.09. The molecule has 0 atom stereocenters. The quantitative estimate of drug-likeness (QED) is 0.773. The molecule has 0 saturated heterocycles. The monoisotopic (exact) mass is 245 g/mol. The first-order chi connectivity index (χ1) is 8.59. The lowest BCUT2D eigenvalue weighted by Crippen LogP contribution is -2.29. The summed E-state index contributed by atoms with van der Waals surface area (Å²) in [6.45, 7) is 1.66. The smallest absolute Gasteiger partial charge is 0.313 e. The van der Waals surface area contributed by atoms with E-state index in [0.717, 1.165) is 5.56 Å². The zero-order valence-electron chi connectivity index (χ0n) is 9.64. The molecule has 18 heavy (non-hydrogen) atoms. The van der Waals surface area contributed by atoms with Crippen LogP contribution in [0.1, 0.15) is 5.69 Å². The Morgan fingerprint density at radius 2 is 1.94 bits per heavy atom. The fourth-order valence-electron chi connectivity index (χ4n) is 1.48. The SMILES string of the molecule is Cc1noc(-c2ccccc2)c1NC(=O)C(N)=O. The minimum atomic E-state index is -1.06. The van der Waals surface area contributed by atoms with Gasteiger partial charge in [0.15, 0.2) is 5.76 Å². The summed E-state index contributed by atoms with van der Waals surface area (Å²) in [5, 5.41) is 6.15. The fraction of sp³-hybridized carbons (Fsp3) is 0.0833. The summed E-state index contributed by atoms with van der Waals surface area (Å²) in [4.78, 5) is 22.0. The topological polar surface area (TPSA) is 98.2 Å². The van der Waals surface area contributed by atoms with E-state index in [9.17, 15) is 9.59 Å². The molecule has 2 rings (SSSR count). The average Bonchev–Trinajstić information content (AvgIpc) is 2.72. The highest BCUT2D eigenvalue weighted by Gasteiger charge is 2.19. The second kappa shape index (κ2) is 4.70. The normalized spacial score (nSPS) is 10.1. The minimum Gasteiger partial charge on any atom is -0.361 e. The van der Waals surface area contributed by atoms with Crippen LogP contribution in [0.2, 0.25) is 0 Å². The molecule has 0 radical (unpaired) electrons. The molecule has 1 aromatic heterocycles. The van der Waals surface area contributed by atoms with E-state index in [1.54, 1.807) is 19.1 Å². The Bertz CT molecular complexity index is 590. The van der Waals surface area contributed by atoms with Crippen molar-refractivity contribution in [1.29, 1.82) is 0 Å². The van der Waals surface area contributed by atoms with Gasteiger partial charge in [0.25, 0.3) is 0 Å². The van der Waals surface area contributed by atoms with Crippen LogP contribution in [0.5, 0.6) is 0 Å². The number of primary amides is 1. The lowest BCUT2D eigenvalue weighted by Gasteiger charge is -2.03. The third-order valence-electron chi connectivity index (χ3n) is 2.36. The number of hydrogen-bond acceptors (Lipinski definition) is 4. The summed E-state index contributed by atoms with van der Waals surface area (Å²) < 4.78 is 5.15. The maximum absolute atomic E-state index is 11.3. The summed E-state index contributed by atoms with van der Waals surface area (Å²) in [6, 6.07) is 9.12. The van der Waals surface area contributed by atoms with E-state index >= 15 is 0 Å². The van der Waals surface area contributed by atoms with Gasteiger partial charge in [-0.3, -0.25) is 9.59 Å². The van der Waals surface area contributed by atoms with E-state index in [4.69, 9.17) is 10.3 Å². The number of nitrogens with zero attached hydrogens (tertiary/aromatic N) is 1. The largest absolute Gasteiger partial charge is 0.361 e. The number of carbonyl (C=O) groups is 2. The van der Waals surface area contributed by atoms with Crippen molar-refractivity contribution in [3.05, 3.63) is 36.0 Å². The van der Waals surface area contributed by atoms with E-state index < -0.39 is 11.8 Å². The molecule has 1 heterocycles. The van der Waals surface area contributed by atoms with E-state index in [2.05, 4.69) is 10.5 Å². The third-order valence-corrected chi connectivity index (χ3v) is 2.36. The Hall–Kier alpha value is -2.63. The number of nitrogens with one attached hydrogen (secondary N) is 1. The van der Waals surface area contributed by atoms with Crippen molar-refractivity contribution in [2.75, 3.05) is 5.32 Å². The number of aryl methyl sites for hydroxylation is 1. The zero-order chi connectivity index (χ0) is 13.1. The number of amides is 2. The Balaban J connectivity index is 2.39. The average molecular weight is 245 g/mol. The molecule has 2 amide bonds. The summed E-state index contributed by atoms with van der Waals surface area (Å²) in [7, 11) is 0. The summed E-state index contributed by atoms with van der Waals surface area (Å²) in [5.74, 6) is -1.57. The molecule has 1 aromatic carbocycles. The standard InChI is InChI=1S/C12H11N3O3/c1-7-9(14-12(17)11(13)16)10(18-15-7)8-5-3-2-4-6-8/h2-6H,1H3,(H2,13,16)(H,14,17). The minimum absolute atomic E-state index is 0.352.